The van der Waals surface area contributed by atoms with Crippen LogP contribution < -0.4 is 10.2 Å². The minimum Gasteiger partial charge on any atom is -0.377 e. The molecule has 0 aliphatic carbocycles. The van der Waals surface area contributed by atoms with Crippen LogP contribution in [-0.4, -0.2) is 32.3 Å². The Bertz CT molecular complexity index is 390. The zero-order valence-electron chi connectivity index (χ0n) is 11.7. The molecule has 0 atom stereocenters. The molecule has 0 amide bonds. The van der Waals surface area contributed by atoms with Gasteiger partial charge in [0.05, 0.1) is 12.7 Å². The van der Waals surface area contributed by atoms with Gasteiger partial charge < -0.3 is 15.0 Å². The van der Waals surface area contributed by atoms with Crippen LogP contribution in [0.2, 0.25) is 0 Å². The molecule has 2 rings (SSSR count). The fourth-order valence-corrected chi connectivity index (χ4v) is 2.35. The SMILES string of the molecule is Cc1ccc2c(c1)CNCCN2CCOC(C)C. The highest BCUT2D eigenvalue weighted by Gasteiger charge is 2.14. The summed E-state index contributed by atoms with van der Waals surface area (Å²) >= 11 is 0. The lowest BCUT2D eigenvalue weighted by atomic mass is 10.1. The number of hydrogen-bond acceptors (Lipinski definition) is 3. The van der Waals surface area contributed by atoms with Crippen LogP contribution in [0.1, 0.15) is 25.0 Å². The maximum Gasteiger partial charge on any atom is 0.0645 e. The summed E-state index contributed by atoms with van der Waals surface area (Å²) in [6, 6.07) is 6.72. The molecule has 1 aliphatic rings. The third kappa shape index (κ3) is 3.47. The van der Waals surface area contributed by atoms with Gasteiger partial charge in [-0.2, -0.15) is 0 Å². The monoisotopic (exact) mass is 248 g/mol. The van der Waals surface area contributed by atoms with E-state index >= 15 is 0 Å². The highest BCUT2D eigenvalue weighted by Crippen LogP contribution is 2.23. The van der Waals surface area contributed by atoms with Crippen molar-refractivity contribution in [3.63, 3.8) is 0 Å². The molecule has 0 spiro atoms. The quantitative estimate of drug-likeness (QED) is 0.885. The molecule has 0 fully saturated rings. The normalized spacial score (nSPS) is 15.7. The lowest BCUT2D eigenvalue weighted by Gasteiger charge is -2.25. The molecule has 100 valence electrons. The van der Waals surface area contributed by atoms with E-state index in [2.05, 4.69) is 49.2 Å². The number of ether oxygens (including phenoxy) is 1. The van der Waals surface area contributed by atoms with E-state index in [-0.39, 0.29) is 0 Å². The summed E-state index contributed by atoms with van der Waals surface area (Å²) in [7, 11) is 0. The summed E-state index contributed by atoms with van der Waals surface area (Å²) in [4.78, 5) is 2.43. The van der Waals surface area contributed by atoms with Crippen molar-refractivity contribution in [3.8, 4) is 0 Å². The Labute approximate surface area is 110 Å². The minimum atomic E-state index is 0.313. The number of nitrogens with one attached hydrogen (secondary N) is 1. The Morgan fingerprint density at radius 2 is 2.22 bits per heavy atom. The Balaban J connectivity index is 2.07. The van der Waals surface area contributed by atoms with E-state index < -0.39 is 0 Å². The maximum absolute atomic E-state index is 5.66. The van der Waals surface area contributed by atoms with Gasteiger partial charge in [-0.3, -0.25) is 0 Å². The largest absolute Gasteiger partial charge is 0.377 e. The Morgan fingerprint density at radius 1 is 1.39 bits per heavy atom. The summed E-state index contributed by atoms with van der Waals surface area (Å²) < 4.78 is 5.66. The first-order valence-electron chi connectivity index (χ1n) is 6.83. The summed E-state index contributed by atoms with van der Waals surface area (Å²) in [5, 5.41) is 3.48. The first kappa shape index (κ1) is 13.4. The fourth-order valence-electron chi connectivity index (χ4n) is 2.35. The van der Waals surface area contributed by atoms with Crippen molar-refractivity contribution < 1.29 is 4.74 Å². The van der Waals surface area contributed by atoms with Gasteiger partial charge in [-0.1, -0.05) is 17.7 Å². The molecule has 1 N–H and O–H groups in total. The number of benzene rings is 1. The zero-order chi connectivity index (χ0) is 13.0. The van der Waals surface area contributed by atoms with Crippen LogP contribution in [0.25, 0.3) is 0 Å². The number of nitrogens with zero attached hydrogens (tertiary/aromatic N) is 1. The summed E-state index contributed by atoms with van der Waals surface area (Å²) in [5.41, 5.74) is 4.09. The Morgan fingerprint density at radius 3 is 3.00 bits per heavy atom. The van der Waals surface area contributed by atoms with E-state index in [1.807, 2.05) is 0 Å². The average molecular weight is 248 g/mol. The van der Waals surface area contributed by atoms with Crippen molar-refractivity contribution in [1.29, 1.82) is 0 Å². The van der Waals surface area contributed by atoms with Crippen LogP contribution in [0.15, 0.2) is 18.2 Å². The first-order valence-corrected chi connectivity index (χ1v) is 6.83. The van der Waals surface area contributed by atoms with E-state index in [1.165, 1.54) is 16.8 Å². The van der Waals surface area contributed by atoms with Gasteiger partial charge in [0.1, 0.15) is 0 Å². The summed E-state index contributed by atoms with van der Waals surface area (Å²) in [5.74, 6) is 0. The number of anilines is 1. The van der Waals surface area contributed by atoms with Crippen molar-refractivity contribution >= 4 is 5.69 Å². The molecule has 0 bridgehead atoms. The van der Waals surface area contributed by atoms with E-state index in [1.54, 1.807) is 0 Å². The lowest BCUT2D eigenvalue weighted by Crippen LogP contribution is -2.32. The van der Waals surface area contributed by atoms with Crippen LogP contribution in [-0.2, 0) is 11.3 Å². The zero-order valence-corrected chi connectivity index (χ0v) is 11.7. The summed E-state index contributed by atoms with van der Waals surface area (Å²) in [6.07, 6.45) is 0.313. The van der Waals surface area contributed by atoms with Crippen LogP contribution in [0.3, 0.4) is 0 Å². The first-order chi connectivity index (χ1) is 8.66. The second-order valence-electron chi connectivity index (χ2n) is 5.22. The number of rotatable bonds is 4. The number of aryl methyl sites for hydroxylation is 1. The topological polar surface area (TPSA) is 24.5 Å². The van der Waals surface area contributed by atoms with Crippen LogP contribution >= 0.6 is 0 Å². The molecule has 1 aromatic rings. The molecule has 1 aliphatic heterocycles. The second kappa shape index (κ2) is 6.21. The molecule has 3 nitrogen and oxygen atoms in total. The molecular weight excluding hydrogens is 224 g/mol. The third-order valence-corrected chi connectivity index (χ3v) is 3.26. The molecule has 0 radical (unpaired) electrons. The van der Waals surface area contributed by atoms with E-state index in [0.717, 1.165) is 32.8 Å². The van der Waals surface area contributed by atoms with Crippen molar-refractivity contribution in [2.75, 3.05) is 31.1 Å². The maximum atomic E-state index is 5.66. The standard InChI is InChI=1S/C15H24N2O/c1-12(2)18-9-8-17-7-6-16-11-14-10-13(3)4-5-15(14)17/h4-5,10,12,16H,6-9,11H2,1-3H3. The highest BCUT2D eigenvalue weighted by atomic mass is 16.5. The summed E-state index contributed by atoms with van der Waals surface area (Å²) in [6.45, 7) is 11.1. The molecule has 1 aromatic carbocycles. The van der Waals surface area contributed by atoms with Crippen LogP contribution in [0.4, 0.5) is 5.69 Å². The lowest BCUT2D eigenvalue weighted by molar-refractivity contribution is 0.0841. The third-order valence-electron chi connectivity index (χ3n) is 3.26. The van der Waals surface area contributed by atoms with Gasteiger partial charge in [0.2, 0.25) is 0 Å². The molecule has 0 unspecified atom stereocenters. The Kier molecular flexibility index (Phi) is 4.61. The molecule has 0 saturated carbocycles. The van der Waals surface area contributed by atoms with Crippen molar-refractivity contribution in [2.24, 2.45) is 0 Å². The highest BCUT2D eigenvalue weighted by molar-refractivity contribution is 5.55. The second-order valence-corrected chi connectivity index (χ2v) is 5.22. The van der Waals surface area contributed by atoms with Gasteiger partial charge >= 0.3 is 0 Å². The molecule has 18 heavy (non-hydrogen) atoms. The van der Waals surface area contributed by atoms with Crippen molar-refractivity contribution in [1.82, 2.24) is 5.32 Å². The van der Waals surface area contributed by atoms with Gasteiger partial charge in [-0.15, -0.1) is 0 Å². The van der Waals surface area contributed by atoms with E-state index in [0.29, 0.717) is 6.10 Å². The van der Waals surface area contributed by atoms with Gasteiger partial charge in [-0.05, 0) is 32.4 Å². The predicted octanol–water partition coefficient (Wildman–Crippen LogP) is 2.33. The smallest absolute Gasteiger partial charge is 0.0645 e. The van der Waals surface area contributed by atoms with Crippen molar-refractivity contribution in [3.05, 3.63) is 29.3 Å². The molecule has 1 heterocycles. The fraction of sp³-hybridized carbons (Fsp3) is 0.600. The van der Waals surface area contributed by atoms with Crippen molar-refractivity contribution in [2.45, 2.75) is 33.4 Å². The molecular formula is C15H24N2O. The van der Waals surface area contributed by atoms with Crippen LogP contribution in [0, 0.1) is 6.92 Å². The molecule has 0 saturated heterocycles. The minimum absolute atomic E-state index is 0.313. The van der Waals surface area contributed by atoms with Crippen LogP contribution in [0.5, 0.6) is 0 Å². The van der Waals surface area contributed by atoms with Gasteiger partial charge in [0.25, 0.3) is 0 Å². The predicted molar refractivity (Wildman–Crippen MR) is 76.2 cm³/mol. The number of hydrogen-bond donors (Lipinski definition) is 1. The van der Waals surface area contributed by atoms with E-state index in [9.17, 15) is 0 Å². The Hall–Kier alpha value is -1.06. The number of fused-ring (bicyclic) bond motifs is 1. The molecule has 3 heteroatoms. The average Bonchev–Trinajstić information content (AvgIpc) is 2.51. The van der Waals surface area contributed by atoms with Gasteiger partial charge in [0.15, 0.2) is 0 Å². The van der Waals surface area contributed by atoms with E-state index in [4.69, 9.17) is 4.74 Å². The molecule has 0 aromatic heterocycles. The van der Waals surface area contributed by atoms with Gasteiger partial charge in [0, 0.05) is 31.9 Å². The van der Waals surface area contributed by atoms with Gasteiger partial charge in [-0.25, -0.2) is 0 Å².